The maximum Gasteiger partial charge on any atom is 0.354 e. The van der Waals surface area contributed by atoms with Crippen LogP contribution in [0.5, 0.6) is 17.2 Å². The number of ether oxygens (including phenoxy) is 3. The largest absolute Gasteiger partial charge is 0.496 e. The Bertz CT molecular complexity index is 1480. The van der Waals surface area contributed by atoms with E-state index in [1.807, 2.05) is 0 Å². The number of halogens is 3. The van der Waals surface area contributed by atoms with Gasteiger partial charge in [-0.1, -0.05) is 11.6 Å². The molecule has 0 amide bonds. The van der Waals surface area contributed by atoms with Crippen LogP contribution in [0.1, 0.15) is 16.1 Å². The van der Waals surface area contributed by atoms with Gasteiger partial charge in [-0.25, -0.2) is 27.9 Å². The molecule has 12 heteroatoms. The number of hydrogen-bond donors (Lipinski definition) is 2. The average Bonchev–Trinajstić information content (AvgIpc) is 3.15. The van der Waals surface area contributed by atoms with Crippen LogP contribution in [0.3, 0.4) is 0 Å². The van der Waals surface area contributed by atoms with Gasteiger partial charge >= 0.3 is 11.7 Å². The van der Waals surface area contributed by atoms with Gasteiger partial charge in [0, 0.05) is 12.1 Å². The molecule has 0 bridgehead atoms. The Morgan fingerprint density at radius 1 is 1.12 bits per heavy atom. The van der Waals surface area contributed by atoms with Crippen LogP contribution < -0.4 is 19.9 Å². The molecule has 176 valence electrons. The van der Waals surface area contributed by atoms with Gasteiger partial charge in [0.2, 0.25) is 0 Å². The molecule has 2 N–H and O–H groups in total. The molecule has 0 aliphatic heterocycles. The maximum atomic E-state index is 14.3. The van der Waals surface area contributed by atoms with Crippen molar-refractivity contribution in [3.05, 3.63) is 74.8 Å². The summed E-state index contributed by atoms with van der Waals surface area (Å²) in [7, 11) is 2.65. The van der Waals surface area contributed by atoms with E-state index in [9.17, 15) is 23.5 Å². The third-order valence-corrected chi connectivity index (χ3v) is 5.27. The van der Waals surface area contributed by atoms with Crippen molar-refractivity contribution in [2.24, 2.45) is 0 Å². The number of carbonyl (C=O) groups is 1. The van der Waals surface area contributed by atoms with Gasteiger partial charge in [0.05, 0.1) is 36.0 Å². The second-order valence-corrected chi connectivity index (χ2v) is 7.33. The van der Waals surface area contributed by atoms with Crippen molar-refractivity contribution in [1.29, 1.82) is 0 Å². The molecule has 0 saturated carbocycles. The second-order valence-electron chi connectivity index (χ2n) is 6.92. The average molecular weight is 492 g/mol. The highest BCUT2D eigenvalue weighted by molar-refractivity contribution is 6.32. The summed E-state index contributed by atoms with van der Waals surface area (Å²) in [4.78, 5) is 30.6. The first-order valence-corrected chi connectivity index (χ1v) is 9.99. The summed E-state index contributed by atoms with van der Waals surface area (Å²) in [5.74, 6) is -3.22. The van der Waals surface area contributed by atoms with Crippen molar-refractivity contribution in [3.63, 3.8) is 0 Å². The van der Waals surface area contributed by atoms with Crippen molar-refractivity contribution in [1.82, 2.24) is 14.5 Å². The summed E-state index contributed by atoms with van der Waals surface area (Å²) >= 11 is 6.37. The van der Waals surface area contributed by atoms with Crippen molar-refractivity contribution in [3.8, 4) is 22.9 Å². The zero-order chi connectivity index (χ0) is 24.6. The van der Waals surface area contributed by atoms with Gasteiger partial charge in [-0.05, 0) is 24.3 Å². The Hall–Kier alpha value is -4.12. The van der Waals surface area contributed by atoms with E-state index >= 15 is 0 Å². The van der Waals surface area contributed by atoms with Gasteiger partial charge in [-0.3, -0.25) is 0 Å². The number of aromatic carboxylic acids is 1. The maximum absolute atomic E-state index is 14.3. The number of nitrogens with one attached hydrogen (secondary N) is 1. The number of carboxylic acid groups (broad SMARTS) is 1. The number of fused-ring (bicyclic) bond motifs is 1. The van der Waals surface area contributed by atoms with Crippen molar-refractivity contribution < 1.29 is 32.9 Å². The molecular weight excluding hydrogens is 476 g/mol. The van der Waals surface area contributed by atoms with E-state index in [1.54, 1.807) is 0 Å². The molecule has 0 aliphatic rings. The fourth-order valence-corrected chi connectivity index (χ4v) is 3.58. The highest BCUT2D eigenvalue weighted by Gasteiger charge is 2.20. The van der Waals surface area contributed by atoms with Crippen LogP contribution in [-0.4, -0.2) is 39.8 Å². The molecule has 0 fully saturated rings. The molecule has 9 nitrogen and oxygen atoms in total. The number of nitrogens with zero attached hydrogens (tertiary/aromatic N) is 2. The van der Waals surface area contributed by atoms with Gasteiger partial charge in [-0.15, -0.1) is 0 Å². The number of benzene rings is 2. The van der Waals surface area contributed by atoms with Crippen LogP contribution in [0.25, 0.3) is 16.9 Å². The molecule has 34 heavy (non-hydrogen) atoms. The first-order valence-electron chi connectivity index (χ1n) is 9.61. The van der Waals surface area contributed by atoms with Crippen molar-refractivity contribution in [2.75, 3.05) is 14.2 Å². The number of aromatic nitrogens is 3. The van der Waals surface area contributed by atoms with Crippen molar-refractivity contribution >= 4 is 28.7 Å². The summed E-state index contributed by atoms with van der Waals surface area (Å²) in [5, 5.41) is 9.31. The summed E-state index contributed by atoms with van der Waals surface area (Å²) in [6.45, 7) is -0.436. The Labute approximate surface area is 195 Å². The third kappa shape index (κ3) is 4.01. The van der Waals surface area contributed by atoms with Gasteiger partial charge in [0.25, 0.3) is 0 Å². The van der Waals surface area contributed by atoms with E-state index in [0.717, 1.165) is 10.6 Å². The summed E-state index contributed by atoms with van der Waals surface area (Å²) < 4.78 is 45.2. The molecule has 0 spiro atoms. The topological polar surface area (TPSA) is 116 Å². The quantitative estimate of drug-likeness (QED) is 0.402. The zero-order valence-electron chi connectivity index (χ0n) is 17.7. The van der Waals surface area contributed by atoms with Gasteiger partial charge < -0.3 is 24.3 Å². The molecule has 2 aromatic heterocycles. The minimum Gasteiger partial charge on any atom is -0.496 e. The van der Waals surface area contributed by atoms with E-state index < -0.39 is 29.9 Å². The molecular formula is C22H16ClF2N3O6. The Kier molecular flexibility index (Phi) is 6.12. The number of imidazole rings is 1. The molecule has 0 saturated heterocycles. The molecule has 0 aliphatic carbocycles. The third-order valence-electron chi connectivity index (χ3n) is 4.97. The number of rotatable bonds is 7. The lowest BCUT2D eigenvalue weighted by molar-refractivity contribution is 0.0691. The lowest BCUT2D eigenvalue weighted by Gasteiger charge is -2.16. The Morgan fingerprint density at radius 3 is 2.53 bits per heavy atom. The standard InChI is InChI=1S/C22H16ClF2N3O6/c1-32-16-6-3-12(24)19(25)10(16)9-34-18-8-15(11(23)7-17(18)33-2)28-20-13(27-22(28)31)4-5-14(26-20)21(29)30/h3-8H,9H2,1-2H3,(H,27,31)(H,29,30). The number of H-pyrrole nitrogens is 1. The van der Waals surface area contributed by atoms with Crippen LogP contribution in [0.4, 0.5) is 8.78 Å². The monoisotopic (exact) mass is 491 g/mol. The molecule has 0 unspecified atom stereocenters. The van der Waals surface area contributed by atoms with E-state index in [2.05, 4.69) is 9.97 Å². The number of hydrogen-bond acceptors (Lipinski definition) is 6. The van der Waals surface area contributed by atoms with Crippen LogP contribution in [0.2, 0.25) is 5.02 Å². The van der Waals surface area contributed by atoms with Crippen LogP contribution in [0, 0.1) is 11.6 Å². The fourth-order valence-electron chi connectivity index (χ4n) is 3.34. The highest BCUT2D eigenvalue weighted by Crippen LogP contribution is 2.37. The second kappa shape index (κ2) is 9.02. The first kappa shape index (κ1) is 23.1. The van der Waals surface area contributed by atoms with E-state index in [0.29, 0.717) is 0 Å². The summed E-state index contributed by atoms with van der Waals surface area (Å²) in [5.41, 5.74) is -0.707. The molecule has 2 heterocycles. The normalized spacial score (nSPS) is 11.0. The minimum atomic E-state index is -1.28. The number of methoxy groups -OCH3 is 2. The number of carboxylic acids is 1. The minimum absolute atomic E-state index is 0.0146. The smallest absolute Gasteiger partial charge is 0.354 e. The fraction of sp³-hybridized carbons (Fsp3) is 0.136. The predicted molar refractivity (Wildman–Crippen MR) is 117 cm³/mol. The van der Waals surface area contributed by atoms with Crippen LogP contribution >= 0.6 is 11.6 Å². The molecule has 4 aromatic rings. The SMILES string of the molecule is COc1cc(Cl)c(-n2c(=O)[nH]c3ccc(C(=O)O)nc32)cc1OCc1c(OC)ccc(F)c1F. The number of aromatic amines is 1. The van der Waals surface area contributed by atoms with Gasteiger partial charge in [-0.2, -0.15) is 0 Å². The van der Waals surface area contributed by atoms with Gasteiger partial charge in [0.1, 0.15) is 12.4 Å². The van der Waals surface area contributed by atoms with Gasteiger partial charge in [0.15, 0.2) is 34.5 Å². The van der Waals surface area contributed by atoms with Crippen LogP contribution in [-0.2, 0) is 6.61 Å². The highest BCUT2D eigenvalue weighted by atomic mass is 35.5. The van der Waals surface area contributed by atoms with E-state index in [-0.39, 0.29) is 50.4 Å². The van der Waals surface area contributed by atoms with E-state index in [4.69, 9.17) is 25.8 Å². The molecule has 0 atom stereocenters. The predicted octanol–water partition coefficient (Wildman–Crippen LogP) is 3.94. The Morgan fingerprint density at radius 2 is 1.85 bits per heavy atom. The van der Waals surface area contributed by atoms with E-state index in [1.165, 1.54) is 44.6 Å². The summed E-state index contributed by atoms with van der Waals surface area (Å²) in [6.07, 6.45) is 0. The molecule has 4 rings (SSSR count). The lowest BCUT2D eigenvalue weighted by atomic mass is 10.2. The molecule has 2 aromatic carbocycles. The molecule has 0 radical (unpaired) electrons. The summed E-state index contributed by atoms with van der Waals surface area (Å²) in [6, 6.07) is 7.54. The lowest BCUT2D eigenvalue weighted by Crippen LogP contribution is -2.16. The zero-order valence-corrected chi connectivity index (χ0v) is 18.4. The number of pyridine rings is 1. The Balaban J connectivity index is 1.82. The first-order chi connectivity index (χ1) is 16.2. The van der Waals surface area contributed by atoms with Crippen molar-refractivity contribution in [2.45, 2.75) is 6.61 Å². The van der Waals surface area contributed by atoms with Crippen LogP contribution in [0.15, 0.2) is 41.2 Å².